The Hall–Kier alpha value is -5.34. The first kappa shape index (κ1) is 49.1. The number of hydrogen-bond acceptors (Lipinski definition) is 0. The van der Waals surface area contributed by atoms with Crippen molar-refractivity contribution < 1.29 is 20.8 Å². The molecule has 0 bridgehead atoms. The van der Waals surface area contributed by atoms with Gasteiger partial charge in [-0.3, -0.25) is 0 Å². The first-order chi connectivity index (χ1) is 32.8. The summed E-state index contributed by atoms with van der Waals surface area (Å²) < 4.78 is 0. The SMILES string of the molecule is Cc1ccccc1-c1c(C(C)(C)C)ccc2[cH-]c(-c3ccccc3)cc12.Cc1ccccc1-c1c(C(C)(C)C)ccc2[cH-]c(-c3ccccc3)cc12.[Cl][Zr][Cl].[c-]1cccc2c1[Si]c1ccccc1-2. The monoisotopic (exact) mass is 1010 g/mol. The molecule has 4 heteroatoms. The molecule has 11 rings (SSSR count). The molecule has 2 radical (unpaired) electrons. The molecule has 338 valence electrons. The Morgan fingerprint density at radius 1 is 0.456 bits per heavy atom. The van der Waals surface area contributed by atoms with Gasteiger partial charge in [0.2, 0.25) is 0 Å². The summed E-state index contributed by atoms with van der Waals surface area (Å²) in [5.41, 5.74) is 19.0. The molecule has 10 aromatic carbocycles. The van der Waals surface area contributed by atoms with E-state index in [1.54, 1.807) is 0 Å². The van der Waals surface area contributed by atoms with E-state index in [2.05, 4.69) is 256 Å². The maximum absolute atomic E-state index is 4.93. The standard InChI is InChI=1S/2C26H25.C12H7Si.2ClH.Zr/c2*1-18-10-8-9-13-22(18)25-23-17-21(19-11-6-5-7-12-19)16-20(23)14-15-24(25)26(2,3)4;1-3-7-11-9(5-1)10-6-2-4-8-12(10)13-11;;;/h2*5-17H,1-4H3;1-7H;2*1H;/q3*-1;;;+2/p-2. The third kappa shape index (κ3) is 10.9. The third-order valence-electron chi connectivity index (χ3n) is 12.8. The minimum absolute atomic E-state index is 0.0932. The fraction of sp³-hybridized carbons (Fsp3) is 0.156. The predicted molar refractivity (Wildman–Crippen MR) is 295 cm³/mol. The van der Waals surface area contributed by atoms with Gasteiger partial charge in [-0.05, 0) is 69.2 Å². The van der Waals surface area contributed by atoms with E-state index < -0.39 is 20.8 Å². The number of benzene rings is 8. The Morgan fingerprint density at radius 2 is 0.853 bits per heavy atom. The Morgan fingerprint density at radius 3 is 1.29 bits per heavy atom. The topological polar surface area (TPSA) is 0 Å². The van der Waals surface area contributed by atoms with Crippen LogP contribution >= 0.6 is 17.0 Å². The second-order valence-corrected chi connectivity index (χ2v) is 24.6. The van der Waals surface area contributed by atoms with Crippen LogP contribution in [0.3, 0.4) is 0 Å². The van der Waals surface area contributed by atoms with Gasteiger partial charge in [-0.15, -0.1) is 74.6 Å². The maximum Gasteiger partial charge on any atom is 0.0920 e. The Bertz CT molecular complexity index is 3070. The van der Waals surface area contributed by atoms with Gasteiger partial charge < -0.3 is 0 Å². The summed E-state index contributed by atoms with van der Waals surface area (Å²) in [5.74, 6) is 0. The second-order valence-electron chi connectivity index (χ2n) is 19.5. The van der Waals surface area contributed by atoms with Gasteiger partial charge in [0, 0.05) is 0 Å². The van der Waals surface area contributed by atoms with Crippen molar-refractivity contribution >= 4 is 58.5 Å². The molecule has 0 amide bonds. The van der Waals surface area contributed by atoms with E-state index in [1.165, 1.54) is 110 Å². The molecule has 0 nitrogen and oxygen atoms in total. The molecule has 0 unspecified atom stereocenters. The second kappa shape index (κ2) is 21.5. The molecule has 1 heterocycles. The predicted octanol–water partition coefficient (Wildman–Crippen LogP) is 17.5. The third-order valence-corrected chi connectivity index (χ3v) is 14.1. The van der Waals surface area contributed by atoms with Crippen molar-refractivity contribution in [3.63, 3.8) is 0 Å². The van der Waals surface area contributed by atoms with Gasteiger partial charge in [0.15, 0.2) is 0 Å². The fourth-order valence-corrected chi connectivity index (χ4v) is 10.7. The van der Waals surface area contributed by atoms with Crippen molar-refractivity contribution in [3.8, 4) is 55.6 Å². The van der Waals surface area contributed by atoms with E-state index in [1.807, 2.05) is 6.07 Å². The van der Waals surface area contributed by atoms with Crippen LogP contribution in [0, 0.1) is 19.9 Å². The Balaban J connectivity index is 0.000000140. The first-order valence-electron chi connectivity index (χ1n) is 23.3. The van der Waals surface area contributed by atoms with Crippen LogP contribution in [0.15, 0.2) is 200 Å². The minimum atomic E-state index is -0.826. The number of rotatable bonds is 4. The summed E-state index contributed by atoms with van der Waals surface area (Å²) in [5, 5.41) is 8.16. The van der Waals surface area contributed by atoms with Crippen LogP contribution in [-0.2, 0) is 31.7 Å². The quantitative estimate of drug-likeness (QED) is 0.122. The molecule has 68 heavy (non-hydrogen) atoms. The van der Waals surface area contributed by atoms with E-state index in [9.17, 15) is 0 Å². The van der Waals surface area contributed by atoms with Crippen molar-refractivity contribution in [1.82, 2.24) is 0 Å². The number of hydrogen-bond donors (Lipinski definition) is 0. The van der Waals surface area contributed by atoms with Gasteiger partial charge in [0.25, 0.3) is 0 Å². The molecule has 0 N–H and O–H groups in total. The average Bonchev–Trinajstić information content (AvgIpc) is 4.08. The molecule has 0 fully saturated rings. The van der Waals surface area contributed by atoms with Crippen molar-refractivity contribution in [3.05, 3.63) is 229 Å². The first-order valence-corrected chi connectivity index (χ1v) is 30.6. The fourth-order valence-electron chi connectivity index (χ4n) is 9.42. The molecule has 0 spiro atoms. The molecule has 0 saturated carbocycles. The van der Waals surface area contributed by atoms with Gasteiger partial charge in [-0.1, -0.05) is 209 Å². The van der Waals surface area contributed by atoms with Crippen LogP contribution in [0.1, 0.15) is 63.8 Å². The summed E-state index contributed by atoms with van der Waals surface area (Å²) in [6, 6.07) is 75.5. The largest absolute Gasteiger partial charge is 0.184 e. The van der Waals surface area contributed by atoms with Crippen molar-refractivity contribution in [1.29, 1.82) is 0 Å². The van der Waals surface area contributed by atoms with Crippen molar-refractivity contribution in [2.24, 2.45) is 0 Å². The minimum Gasteiger partial charge on any atom is -0.184 e. The van der Waals surface area contributed by atoms with Crippen LogP contribution in [0.25, 0.3) is 77.2 Å². The van der Waals surface area contributed by atoms with Gasteiger partial charge >= 0.3 is 37.9 Å². The van der Waals surface area contributed by atoms with E-state index in [0.717, 1.165) is 9.52 Å². The zero-order valence-electron chi connectivity index (χ0n) is 40.3. The normalized spacial score (nSPS) is 11.6. The summed E-state index contributed by atoms with van der Waals surface area (Å²) in [4.78, 5) is 0. The van der Waals surface area contributed by atoms with Crippen LogP contribution in [0.4, 0.5) is 0 Å². The summed E-state index contributed by atoms with van der Waals surface area (Å²) >= 11 is -0.826. The molecule has 1 aliphatic heterocycles. The molecule has 0 atom stereocenters. The van der Waals surface area contributed by atoms with Crippen molar-refractivity contribution in [2.75, 3.05) is 0 Å². The van der Waals surface area contributed by atoms with Gasteiger partial charge in [-0.25, -0.2) is 0 Å². The Labute approximate surface area is 426 Å². The van der Waals surface area contributed by atoms with Crippen molar-refractivity contribution in [2.45, 2.75) is 66.2 Å². The van der Waals surface area contributed by atoms with E-state index in [0.29, 0.717) is 0 Å². The summed E-state index contributed by atoms with van der Waals surface area (Å²) in [6.45, 7) is 18.2. The van der Waals surface area contributed by atoms with E-state index in [-0.39, 0.29) is 10.8 Å². The number of fused-ring (bicyclic) bond motifs is 5. The number of aryl methyl sites for hydroxylation is 2. The maximum atomic E-state index is 4.93. The molecule has 0 saturated heterocycles. The van der Waals surface area contributed by atoms with Crippen LogP contribution in [0.5, 0.6) is 0 Å². The molecular weight excluding hydrogens is 959 g/mol. The van der Waals surface area contributed by atoms with Gasteiger partial charge in [0.05, 0.1) is 9.52 Å². The summed E-state index contributed by atoms with van der Waals surface area (Å²) in [7, 11) is 10.7. The molecule has 10 aromatic rings. The smallest absolute Gasteiger partial charge is 0.0920 e. The molecule has 0 aliphatic carbocycles. The molecular formula is C64H57Cl2SiZr-3. The number of halogens is 2. The zero-order chi connectivity index (χ0) is 48.0. The molecule has 0 aromatic heterocycles. The van der Waals surface area contributed by atoms with Crippen LogP contribution in [-0.4, -0.2) is 9.52 Å². The van der Waals surface area contributed by atoms with E-state index in [4.69, 9.17) is 17.0 Å². The van der Waals surface area contributed by atoms with E-state index >= 15 is 0 Å². The Kier molecular flexibility index (Phi) is 15.5. The van der Waals surface area contributed by atoms with Crippen LogP contribution in [0.2, 0.25) is 0 Å². The zero-order valence-corrected chi connectivity index (χ0v) is 45.3. The summed E-state index contributed by atoms with van der Waals surface area (Å²) in [6.07, 6.45) is 0. The molecule has 1 aliphatic rings. The van der Waals surface area contributed by atoms with Gasteiger partial charge in [-0.2, -0.15) is 29.5 Å². The van der Waals surface area contributed by atoms with Crippen LogP contribution < -0.4 is 10.4 Å². The average molecular weight is 1020 g/mol. The van der Waals surface area contributed by atoms with Gasteiger partial charge in [0.1, 0.15) is 0 Å².